The monoisotopic (exact) mass is 240 g/mol. The van der Waals surface area contributed by atoms with Gasteiger partial charge in [-0.05, 0) is 20.3 Å². The SMILES string of the molecule is Cc1nc(N)c(C)c(NCCCOCCO)n1. The highest BCUT2D eigenvalue weighted by Crippen LogP contribution is 2.16. The van der Waals surface area contributed by atoms with Crippen LogP contribution in [0.5, 0.6) is 0 Å². The van der Waals surface area contributed by atoms with Crippen LogP contribution in [0.3, 0.4) is 0 Å². The maximum Gasteiger partial charge on any atom is 0.134 e. The van der Waals surface area contributed by atoms with Gasteiger partial charge in [0.2, 0.25) is 0 Å². The molecule has 96 valence electrons. The van der Waals surface area contributed by atoms with Crippen molar-refractivity contribution in [3.63, 3.8) is 0 Å². The fourth-order valence-electron chi connectivity index (χ4n) is 1.37. The third kappa shape index (κ3) is 4.54. The van der Waals surface area contributed by atoms with Crippen LogP contribution in [0.15, 0.2) is 0 Å². The Morgan fingerprint density at radius 3 is 2.76 bits per heavy atom. The van der Waals surface area contributed by atoms with Crippen molar-refractivity contribution in [2.75, 3.05) is 37.4 Å². The number of aliphatic hydroxyl groups is 1. The first-order valence-corrected chi connectivity index (χ1v) is 5.68. The van der Waals surface area contributed by atoms with Gasteiger partial charge in [0.15, 0.2) is 0 Å². The lowest BCUT2D eigenvalue weighted by molar-refractivity contribution is 0.0922. The molecule has 0 fully saturated rings. The normalized spacial score (nSPS) is 10.5. The standard InChI is InChI=1S/C11H20N4O2/c1-8-10(12)14-9(2)15-11(8)13-4-3-6-17-7-5-16/h16H,3-7H2,1-2H3,(H3,12,13,14,15). The molecule has 0 aliphatic rings. The molecular formula is C11H20N4O2. The van der Waals surface area contributed by atoms with E-state index in [0.717, 1.165) is 24.3 Å². The Morgan fingerprint density at radius 1 is 1.29 bits per heavy atom. The van der Waals surface area contributed by atoms with Crippen molar-refractivity contribution in [3.05, 3.63) is 11.4 Å². The number of nitrogen functional groups attached to an aromatic ring is 1. The molecule has 1 rings (SSSR count). The second-order valence-corrected chi connectivity index (χ2v) is 3.75. The fraction of sp³-hybridized carbons (Fsp3) is 0.636. The summed E-state index contributed by atoms with van der Waals surface area (Å²) in [5.41, 5.74) is 6.62. The Bertz CT molecular complexity index is 358. The first-order valence-electron chi connectivity index (χ1n) is 5.68. The van der Waals surface area contributed by atoms with Crippen molar-refractivity contribution >= 4 is 11.6 Å². The Morgan fingerprint density at radius 2 is 2.06 bits per heavy atom. The van der Waals surface area contributed by atoms with Crippen LogP contribution in [0.2, 0.25) is 0 Å². The average Bonchev–Trinajstić information content (AvgIpc) is 2.29. The Kier molecular flexibility index (Phi) is 5.65. The van der Waals surface area contributed by atoms with Gasteiger partial charge in [0.1, 0.15) is 17.5 Å². The third-order valence-corrected chi connectivity index (χ3v) is 2.29. The molecule has 6 nitrogen and oxygen atoms in total. The Labute approximate surface area is 101 Å². The molecule has 1 heterocycles. The first kappa shape index (κ1) is 13.7. The van der Waals surface area contributed by atoms with Crippen LogP contribution >= 0.6 is 0 Å². The van der Waals surface area contributed by atoms with Gasteiger partial charge < -0.3 is 20.9 Å². The van der Waals surface area contributed by atoms with Gasteiger partial charge in [0.05, 0.1) is 13.2 Å². The number of hydrogen-bond acceptors (Lipinski definition) is 6. The van der Waals surface area contributed by atoms with Gasteiger partial charge >= 0.3 is 0 Å². The summed E-state index contributed by atoms with van der Waals surface area (Å²) in [5.74, 6) is 1.95. The number of anilines is 2. The van der Waals surface area contributed by atoms with E-state index in [9.17, 15) is 0 Å². The largest absolute Gasteiger partial charge is 0.394 e. The molecule has 4 N–H and O–H groups in total. The first-order chi connectivity index (χ1) is 8.15. The van der Waals surface area contributed by atoms with Crippen LogP contribution in [0, 0.1) is 13.8 Å². The molecule has 0 aromatic carbocycles. The number of aliphatic hydroxyl groups excluding tert-OH is 1. The van der Waals surface area contributed by atoms with Crippen molar-refractivity contribution in [2.24, 2.45) is 0 Å². The van der Waals surface area contributed by atoms with Crippen LogP contribution in [-0.2, 0) is 4.74 Å². The summed E-state index contributed by atoms with van der Waals surface area (Å²) >= 11 is 0. The number of nitrogens with one attached hydrogen (secondary N) is 1. The summed E-state index contributed by atoms with van der Waals surface area (Å²) in [6.07, 6.45) is 0.850. The van der Waals surface area contributed by atoms with Gasteiger partial charge in [-0.1, -0.05) is 0 Å². The van der Waals surface area contributed by atoms with Crippen LogP contribution in [0.4, 0.5) is 11.6 Å². The quantitative estimate of drug-likeness (QED) is 0.600. The maximum atomic E-state index is 8.53. The molecule has 1 aromatic heterocycles. The van der Waals surface area contributed by atoms with E-state index in [1.807, 2.05) is 13.8 Å². The highest BCUT2D eigenvalue weighted by molar-refractivity contribution is 5.54. The van der Waals surface area contributed by atoms with Gasteiger partial charge in [-0.3, -0.25) is 0 Å². The van der Waals surface area contributed by atoms with Crippen molar-refractivity contribution in [3.8, 4) is 0 Å². The van der Waals surface area contributed by atoms with Crippen LogP contribution in [0.1, 0.15) is 17.8 Å². The highest BCUT2D eigenvalue weighted by atomic mass is 16.5. The van der Waals surface area contributed by atoms with Crippen LogP contribution < -0.4 is 11.1 Å². The maximum absolute atomic E-state index is 8.53. The Hall–Kier alpha value is -1.40. The van der Waals surface area contributed by atoms with Crippen molar-refractivity contribution in [1.82, 2.24) is 9.97 Å². The second-order valence-electron chi connectivity index (χ2n) is 3.75. The topological polar surface area (TPSA) is 93.3 Å². The predicted molar refractivity (Wildman–Crippen MR) is 66.9 cm³/mol. The van der Waals surface area contributed by atoms with E-state index in [2.05, 4.69) is 15.3 Å². The number of hydrogen-bond donors (Lipinski definition) is 3. The lowest BCUT2D eigenvalue weighted by Crippen LogP contribution is -2.11. The molecule has 0 amide bonds. The van der Waals surface area contributed by atoms with E-state index in [-0.39, 0.29) is 6.61 Å². The molecule has 0 bridgehead atoms. The number of aromatic nitrogens is 2. The zero-order valence-electron chi connectivity index (χ0n) is 10.4. The highest BCUT2D eigenvalue weighted by Gasteiger charge is 2.05. The molecule has 0 saturated heterocycles. The summed E-state index contributed by atoms with van der Waals surface area (Å²) < 4.78 is 5.15. The fourth-order valence-corrected chi connectivity index (χ4v) is 1.37. The predicted octanol–water partition coefficient (Wildman–Crippen LogP) is 0.487. The lowest BCUT2D eigenvalue weighted by Gasteiger charge is -2.10. The van der Waals surface area contributed by atoms with E-state index >= 15 is 0 Å². The molecule has 0 aliphatic heterocycles. The summed E-state index contributed by atoms with van der Waals surface area (Å²) in [4.78, 5) is 8.36. The number of ether oxygens (including phenoxy) is 1. The minimum Gasteiger partial charge on any atom is -0.394 e. The van der Waals surface area contributed by atoms with Crippen molar-refractivity contribution in [2.45, 2.75) is 20.3 Å². The van der Waals surface area contributed by atoms with E-state index in [1.165, 1.54) is 0 Å². The molecule has 0 spiro atoms. The van der Waals surface area contributed by atoms with Gasteiger partial charge in [0, 0.05) is 18.7 Å². The van der Waals surface area contributed by atoms with Gasteiger partial charge in [0.25, 0.3) is 0 Å². The van der Waals surface area contributed by atoms with Crippen LogP contribution in [-0.4, -0.2) is 41.4 Å². The van der Waals surface area contributed by atoms with E-state index in [0.29, 0.717) is 24.9 Å². The third-order valence-electron chi connectivity index (χ3n) is 2.29. The molecule has 0 radical (unpaired) electrons. The molecule has 17 heavy (non-hydrogen) atoms. The molecule has 1 aromatic rings. The molecule has 0 unspecified atom stereocenters. The van der Waals surface area contributed by atoms with Crippen LogP contribution in [0.25, 0.3) is 0 Å². The number of nitrogens with two attached hydrogens (primary N) is 1. The zero-order chi connectivity index (χ0) is 12.7. The zero-order valence-corrected chi connectivity index (χ0v) is 10.4. The molecule has 6 heteroatoms. The summed E-state index contributed by atoms with van der Waals surface area (Å²) in [6, 6.07) is 0. The van der Waals surface area contributed by atoms with Gasteiger partial charge in [-0.2, -0.15) is 0 Å². The molecule has 0 saturated carbocycles. The minimum atomic E-state index is 0.0637. The molecule has 0 aliphatic carbocycles. The minimum absolute atomic E-state index is 0.0637. The van der Waals surface area contributed by atoms with E-state index in [4.69, 9.17) is 15.6 Å². The van der Waals surface area contributed by atoms with E-state index in [1.54, 1.807) is 0 Å². The van der Waals surface area contributed by atoms with Gasteiger partial charge in [-0.15, -0.1) is 0 Å². The Balaban J connectivity index is 2.36. The molecule has 0 atom stereocenters. The second kappa shape index (κ2) is 7.03. The lowest BCUT2D eigenvalue weighted by atomic mass is 10.3. The van der Waals surface area contributed by atoms with Crippen molar-refractivity contribution < 1.29 is 9.84 Å². The van der Waals surface area contributed by atoms with Crippen molar-refractivity contribution in [1.29, 1.82) is 0 Å². The van der Waals surface area contributed by atoms with E-state index < -0.39 is 0 Å². The summed E-state index contributed by atoms with van der Waals surface area (Å²) in [6.45, 7) is 5.52. The summed E-state index contributed by atoms with van der Waals surface area (Å²) in [7, 11) is 0. The number of rotatable bonds is 7. The van der Waals surface area contributed by atoms with Gasteiger partial charge in [-0.25, -0.2) is 9.97 Å². The smallest absolute Gasteiger partial charge is 0.134 e. The summed E-state index contributed by atoms with van der Waals surface area (Å²) in [5, 5.41) is 11.7. The number of aryl methyl sites for hydroxylation is 1. The number of nitrogens with zero attached hydrogens (tertiary/aromatic N) is 2. The average molecular weight is 240 g/mol. The molecular weight excluding hydrogens is 220 g/mol.